The van der Waals surface area contributed by atoms with Gasteiger partial charge in [-0.25, -0.2) is 0 Å². The zero-order valence-electron chi connectivity index (χ0n) is 16.5. The van der Waals surface area contributed by atoms with Gasteiger partial charge in [-0.1, -0.05) is 91.4 Å². The van der Waals surface area contributed by atoms with E-state index in [0.29, 0.717) is 12.5 Å². The Bertz CT molecular complexity index is 352. The number of rotatable bonds is 18. The predicted molar refractivity (Wildman–Crippen MR) is 105 cm³/mol. The average Bonchev–Trinajstić information content (AvgIpc) is 2.55. The first kappa shape index (κ1) is 23.9. The summed E-state index contributed by atoms with van der Waals surface area (Å²) in [6, 6.07) is 0. The molecule has 0 bridgehead atoms. The van der Waals surface area contributed by atoms with Crippen molar-refractivity contribution in [2.24, 2.45) is 5.92 Å². The SMILES string of the molecule is CCCCCCCCCCCCCOS(=O)(=O)CCCC(C)CC. The number of hydrogen-bond donors (Lipinski definition) is 0. The Labute approximate surface area is 152 Å². The zero-order chi connectivity index (χ0) is 18.1. The van der Waals surface area contributed by atoms with E-state index in [9.17, 15) is 8.42 Å². The van der Waals surface area contributed by atoms with Gasteiger partial charge in [-0.3, -0.25) is 4.18 Å². The third kappa shape index (κ3) is 16.8. The summed E-state index contributed by atoms with van der Waals surface area (Å²) < 4.78 is 28.6. The summed E-state index contributed by atoms with van der Waals surface area (Å²) >= 11 is 0. The van der Waals surface area contributed by atoms with Crippen LogP contribution in [0.4, 0.5) is 0 Å². The van der Waals surface area contributed by atoms with Crippen molar-refractivity contribution in [2.45, 2.75) is 111 Å². The lowest BCUT2D eigenvalue weighted by Gasteiger charge is -2.09. The van der Waals surface area contributed by atoms with Crippen molar-refractivity contribution in [3.05, 3.63) is 0 Å². The van der Waals surface area contributed by atoms with Crippen LogP contribution < -0.4 is 0 Å². The lowest BCUT2D eigenvalue weighted by Crippen LogP contribution is -2.12. The first-order valence-corrected chi connectivity index (χ1v) is 12.0. The molecule has 4 heteroatoms. The molecule has 0 saturated carbocycles. The minimum Gasteiger partial charge on any atom is -0.270 e. The molecule has 3 nitrogen and oxygen atoms in total. The molecule has 0 spiro atoms. The van der Waals surface area contributed by atoms with E-state index in [1.54, 1.807) is 0 Å². The fourth-order valence-corrected chi connectivity index (χ4v) is 3.83. The highest BCUT2D eigenvalue weighted by atomic mass is 32.2. The lowest BCUT2D eigenvalue weighted by molar-refractivity contribution is 0.305. The van der Waals surface area contributed by atoms with Gasteiger partial charge in [0.25, 0.3) is 10.1 Å². The molecule has 1 atom stereocenters. The third-order valence-corrected chi connectivity index (χ3v) is 6.11. The van der Waals surface area contributed by atoms with Gasteiger partial charge in [0.05, 0.1) is 12.4 Å². The Balaban J connectivity index is 3.36. The summed E-state index contributed by atoms with van der Waals surface area (Å²) in [6.07, 6.45) is 16.7. The summed E-state index contributed by atoms with van der Waals surface area (Å²) in [5.41, 5.74) is 0. The van der Waals surface area contributed by atoms with Gasteiger partial charge in [-0.2, -0.15) is 8.42 Å². The molecular formula is C20H42O3S. The van der Waals surface area contributed by atoms with Gasteiger partial charge in [0.15, 0.2) is 0 Å². The van der Waals surface area contributed by atoms with Crippen molar-refractivity contribution < 1.29 is 12.6 Å². The maximum absolute atomic E-state index is 11.8. The normalized spacial score (nSPS) is 13.3. The summed E-state index contributed by atoms with van der Waals surface area (Å²) in [4.78, 5) is 0. The van der Waals surface area contributed by atoms with Crippen LogP contribution in [0.3, 0.4) is 0 Å². The van der Waals surface area contributed by atoms with Crippen LogP contribution in [0, 0.1) is 5.92 Å². The largest absolute Gasteiger partial charge is 0.270 e. The predicted octanol–water partition coefficient (Wildman–Crippen LogP) is 6.47. The molecule has 0 aromatic carbocycles. The van der Waals surface area contributed by atoms with Gasteiger partial charge in [0, 0.05) is 0 Å². The van der Waals surface area contributed by atoms with Gasteiger partial charge >= 0.3 is 0 Å². The Hall–Kier alpha value is -0.0900. The second-order valence-electron chi connectivity index (χ2n) is 7.27. The summed E-state index contributed by atoms with van der Waals surface area (Å²) in [5.74, 6) is 0.780. The van der Waals surface area contributed by atoms with Crippen molar-refractivity contribution in [3.8, 4) is 0 Å². The molecule has 1 unspecified atom stereocenters. The van der Waals surface area contributed by atoms with Crippen LogP contribution in [-0.4, -0.2) is 20.8 Å². The number of unbranched alkanes of at least 4 members (excludes halogenated alkanes) is 10. The van der Waals surface area contributed by atoms with Crippen LogP contribution >= 0.6 is 0 Å². The molecule has 0 rings (SSSR count). The van der Waals surface area contributed by atoms with Gasteiger partial charge in [0.2, 0.25) is 0 Å². The molecule has 0 aliphatic carbocycles. The van der Waals surface area contributed by atoms with Crippen LogP contribution in [0.25, 0.3) is 0 Å². The maximum Gasteiger partial charge on any atom is 0.267 e. The van der Waals surface area contributed by atoms with E-state index in [4.69, 9.17) is 4.18 Å². The molecule has 0 amide bonds. The Kier molecular flexibility index (Phi) is 16.3. The zero-order valence-corrected chi connectivity index (χ0v) is 17.3. The first-order valence-electron chi connectivity index (χ1n) is 10.4. The van der Waals surface area contributed by atoms with Crippen molar-refractivity contribution in [1.82, 2.24) is 0 Å². The molecule has 146 valence electrons. The van der Waals surface area contributed by atoms with Crippen LogP contribution in [0.5, 0.6) is 0 Å². The highest BCUT2D eigenvalue weighted by Crippen LogP contribution is 2.13. The van der Waals surface area contributed by atoms with E-state index >= 15 is 0 Å². The molecule has 24 heavy (non-hydrogen) atoms. The minimum atomic E-state index is -3.30. The van der Waals surface area contributed by atoms with Crippen LogP contribution in [0.1, 0.15) is 111 Å². The Morgan fingerprint density at radius 2 is 1.25 bits per heavy atom. The van der Waals surface area contributed by atoms with Gasteiger partial charge in [-0.15, -0.1) is 0 Å². The molecule has 0 radical (unpaired) electrons. The Morgan fingerprint density at radius 3 is 1.75 bits per heavy atom. The molecular weight excluding hydrogens is 320 g/mol. The molecule has 0 fully saturated rings. The monoisotopic (exact) mass is 362 g/mol. The first-order chi connectivity index (χ1) is 11.5. The van der Waals surface area contributed by atoms with Crippen LogP contribution in [0.2, 0.25) is 0 Å². The number of hydrogen-bond acceptors (Lipinski definition) is 3. The van der Waals surface area contributed by atoms with E-state index in [0.717, 1.165) is 32.1 Å². The second-order valence-corrected chi connectivity index (χ2v) is 9.03. The molecule has 0 N–H and O–H groups in total. The van der Waals surface area contributed by atoms with E-state index in [2.05, 4.69) is 20.8 Å². The summed E-state index contributed by atoms with van der Waals surface area (Å²) in [7, 11) is -3.30. The van der Waals surface area contributed by atoms with Gasteiger partial charge < -0.3 is 0 Å². The second kappa shape index (κ2) is 16.4. The van der Waals surface area contributed by atoms with Crippen molar-refractivity contribution in [3.63, 3.8) is 0 Å². The van der Waals surface area contributed by atoms with Crippen molar-refractivity contribution in [1.29, 1.82) is 0 Å². The fraction of sp³-hybridized carbons (Fsp3) is 1.00. The standard InChI is InChI=1S/C20H42O3S/c1-4-6-7-8-9-10-11-12-13-14-15-18-23-24(21,22)19-16-17-20(3)5-2/h20H,4-19H2,1-3H3. The molecule has 0 aliphatic rings. The summed E-state index contributed by atoms with van der Waals surface area (Å²) in [6.45, 7) is 6.92. The topological polar surface area (TPSA) is 43.4 Å². The smallest absolute Gasteiger partial charge is 0.267 e. The van der Waals surface area contributed by atoms with E-state index < -0.39 is 10.1 Å². The van der Waals surface area contributed by atoms with Crippen LogP contribution in [-0.2, 0) is 14.3 Å². The van der Waals surface area contributed by atoms with E-state index in [-0.39, 0.29) is 5.75 Å². The highest BCUT2D eigenvalue weighted by molar-refractivity contribution is 7.86. The maximum atomic E-state index is 11.8. The van der Waals surface area contributed by atoms with Gasteiger partial charge in [-0.05, 0) is 25.2 Å². The third-order valence-electron chi connectivity index (χ3n) is 4.80. The van der Waals surface area contributed by atoms with Crippen molar-refractivity contribution >= 4 is 10.1 Å². The minimum absolute atomic E-state index is 0.176. The van der Waals surface area contributed by atoms with Crippen molar-refractivity contribution in [2.75, 3.05) is 12.4 Å². The highest BCUT2D eigenvalue weighted by Gasteiger charge is 2.11. The fourth-order valence-electron chi connectivity index (χ4n) is 2.82. The quantitative estimate of drug-likeness (QED) is 0.207. The van der Waals surface area contributed by atoms with E-state index in [1.807, 2.05) is 0 Å². The molecule has 0 heterocycles. The van der Waals surface area contributed by atoms with E-state index in [1.165, 1.54) is 57.8 Å². The van der Waals surface area contributed by atoms with Crippen LogP contribution in [0.15, 0.2) is 0 Å². The average molecular weight is 363 g/mol. The summed E-state index contributed by atoms with van der Waals surface area (Å²) in [5, 5.41) is 0. The Morgan fingerprint density at radius 1 is 0.750 bits per heavy atom. The molecule has 0 aromatic rings. The lowest BCUT2D eigenvalue weighted by atomic mass is 10.0. The molecule has 0 aromatic heterocycles. The molecule has 0 aliphatic heterocycles. The molecule has 0 saturated heterocycles. The van der Waals surface area contributed by atoms with Gasteiger partial charge in [0.1, 0.15) is 0 Å².